The molecule has 1 heterocycles. The molecular formula is C24H23Cl2N3O. The Bertz CT molecular complexity index is 1140. The number of nitrogens with one attached hydrogen (secondary N) is 2. The molecule has 4 rings (SSSR count). The molecule has 0 radical (unpaired) electrons. The van der Waals surface area contributed by atoms with Crippen LogP contribution in [-0.2, 0) is 13.0 Å². The van der Waals surface area contributed by atoms with Crippen LogP contribution < -0.4 is 10.1 Å². The second-order valence-electron chi connectivity index (χ2n) is 7.04. The first-order valence-corrected chi connectivity index (χ1v) is 10.7. The third-order valence-corrected chi connectivity index (χ3v) is 5.50. The van der Waals surface area contributed by atoms with E-state index in [1.165, 1.54) is 11.1 Å². The number of hydrogen-bond acceptors (Lipinski definition) is 3. The van der Waals surface area contributed by atoms with E-state index < -0.39 is 0 Å². The zero-order valence-corrected chi connectivity index (χ0v) is 18.2. The highest BCUT2D eigenvalue weighted by atomic mass is 35.5. The predicted octanol–water partition coefficient (Wildman–Crippen LogP) is 6.27. The van der Waals surface area contributed by atoms with E-state index in [0.29, 0.717) is 22.5 Å². The van der Waals surface area contributed by atoms with Crippen molar-refractivity contribution in [3.63, 3.8) is 0 Å². The first kappa shape index (κ1) is 20.7. The van der Waals surface area contributed by atoms with Gasteiger partial charge in [-0.15, -0.1) is 0 Å². The number of nitrogens with zero attached hydrogens (tertiary/aromatic N) is 1. The molecule has 0 bridgehead atoms. The maximum absolute atomic E-state index is 6.32. The molecule has 6 heteroatoms. The summed E-state index contributed by atoms with van der Waals surface area (Å²) in [4.78, 5) is 8.00. The van der Waals surface area contributed by atoms with Gasteiger partial charge in [-0.1, -0.05) is 47.5 Å². The number of aromatic nitrogens is 2. The molecule has 4 aromatic rings. The Kier molecular flexibility index (Phi) is 6.58. The van der Waals surface area contributed by atoms with Crippen LogP contribution in [0.4, 0.5) is 0 Å². The Hall–Kier alpha value is -2.53. The van der Waals surface area contributed by atoms with E-state index in [2.05, 4.69) is 39.6 Å². The Morgan fingerprint density at radius 2 is 1.77 bits per heavy atom. The number of imidazole rings is 1. The molecule has 2 N–H and O–H groups in total. The van der Waals surface area contributed by atoms with Crippen LogP contribution >= 0.6 is 23.2 Å². The van der Waals surface area contributed by atoms with E-state index in [1.807, 2.05) is 43.3 Å². The topological polar surface area (TPSA) is 49.9 Å². The van der Waals surface area contributed by atoms with Crippen LogP contribution in [0, 0.1) is 0 Å². The Morgan fingerprint density at radius 3 is 2.57 bits per heavy atom. The molecule has 0 atom stereocenters. The van der Waals surface area contributed by atoms with Crippen LogP contribution in [0.5, 0.6) is 5.75 Å². The summed E-state index contributed by atoms with van der Waals surface area (Å²) in [6.45, 7) is 4.35. The number of hydrogen-bond donors (Lipinski definition) is 2. The molecule has 0 fully saturated rings. The molecule has 0 unspecified atom stereocenters. The van der Waals surface area contributed by atoms with Gasteiger partial charge in [-0.2, -0.15) is 0 Å². The third kappa shape index (κ3) is 4.78. The second kappa shape index (κ2) is 9.52. The molecule has 4 nitrogen and oxygen atoms in total. The highest BCUT2D eigenvalue weighted by Gasteiger charge is 2.13. The van der Waals surface area contributed by atoms with Gasteiger partial charge in [-0.3, -0.25) is 0 Å². The van der Waals surface area contributed by atoms with E-state index in [9.17, 15) is 0 Å². The Morgan fingerprint density at radius 1 is 0.967 bits per heavy atom. The van der Waals surface area contributed by atoms with Crippen molar-refractivity contribution in [3.8, 4) is 17.1 Å². The summed E-state index contributed by atoms with van der Waals surface area (Å²) in [5, 5.41) is 4.67. The summed E-state index contributed by atoms with van der Waals surface area (Å²) in [6, 6.07) is 19.9. The van der Waals surface area contributed by atoms with Crippen LogP contribution in [-0.4, -0.2) is 23.1 Å². The lowest BCUT2D eigenvalue weighted by Crippen LogP contribution is -2.16. The number of benzene rings is 3. The number of aromatic amines is 1. The van der Waals surface area contributed by atoms with Gasteiger partial charge in [-0.25, -0.2) is 4.98 Å². The minimum Gasteiger partial charge on any atom is -0.494 e. The highest BCUT2D eigenvalue weighted by Crippen LogP contribution is 2.33. The van der Waals surface area contributed by atoms with Gasteiger partial charge < -0.3 is 15.0 Å². The standard InChI is InChI=1S/C24H23Cl2N3O/c1-2-30-18-6-3-5-16(13-18)11-12-27-15-17-9-10-21-22(14-17)29-24(28-21)23-19(25)7-4-8-20(23)26/h3-10,13-14,27H,2,11-12,15H2,1H3,(H,28,29). The van der Waals surface area contributed by atoms with Crippen LogP contribution in [0.2, 0.25) is 10.0 Å². The number of fused-ring (bicyclic) bond motifs is 1. The maximum Gasteiger partial charge on any atom is 0.141 e. The summed E-state index contributed by atoms with van der Waals surface area (Å²) in [5.74, 6) is 1.61. The van der Waals surface area contributed by atoms with Gasteiger partial charge in [0.15, 0.2) is 0 Å². The smallest absolute Gasteiger partial charge is 0.141 e. The fourth-order valence-electron chi connectivity index (χ4n) is 3.43. The molecule has 0 saturated heterocycles. The molecule has 0 aliphatic carbocycles. The molecular weight excluding hydrogens is 417 g/mol. The van der Waals surface area contributed by atoms with E-state index in [1.54, 1.807) is 0 Å². The monoisotopic (exact) mass is 439 g/mol. The molecule has 0 aliphatic rings. The molecule has 3 aromatic carbocycles. The van der Waals surface area contributed by atoms with E-state index in [-0.39, 0.29) is 0 Å². The molecule has 0 aliphatic heterocycles. The van der Waals surface area contributed by atoms with Crippen molar-refractivity contribution in [2.45, 2.75) is 19.9 Å². The van der Waals surface area contributed by atoms with Gasteiger partial charge in [0.1, 0.15) is 11.6 Å². The van der Waals surface area contributed by atoms with E-state index in [0.717, 1.165) is 41.9 Å². The minimum absolute atomic E-state index is 0.580. The van der Waals surface area contributed by atoms with Crippen molar-refractivity contribution < 1.29 is 4.74 Å². The summed E-state index contributed by atoms with van der Waals surface area (Å²) < 4.78 is 5.57. The van der Waals surface area contributed by atoms with Gasteiger partial charge in [0.05, 0.1) is 33.2 Å². The lowest BCUT2D eigenvalue weighted by molar-refractivity contribution is 0.340. The lowest BCUT2D eigenvalue weighted by atomic mass is 10.1. The average molecular weight is 440 g/mol. The summed E-state index contributed by atoms with van der Waals surface area (Å²) in [5.41, 5.74) is 5.03. The predicted molar refractivity (Wildman–Crippen MR) is 125 cm³/mol. The van der Waals surface area contributed by atoms with E-state index in [4.69, 9.17) is 27.9 Å². The minimum atomic E-state index is 0.580. The van der Waals surface area contributed by atoms with Crippen LogP contribution in [0.25, 0.3) is 22.4 Å². The van der Waals surface area contributed by atoms with Crippen molar-refractivity contribution in [2.75, 3.05) is 13.2 Å². The first-order valence-electron chi connectivity index (χ1n) is 9.99. The molecule has 0 amide bonds. The quantitative estimate of drug-likeness (QED) is 0.318. The Labute approximate surface area is 186 Å². The van der Waals surface area contributed by atoms with Gasteiger partial charge in [0.25, 0.3) is 0 Å². The second-order valence-corrected chi connectivity index (χ2v) is 7.86. The van der Waals surface area contributed by atoms with Gasteiger partial charge >= 0.3 is 0 Å². The normalized spacial score (nSPS) is 11.2. The highest BCUT2D eigenvalue weighted by molar-refractivity contribution is 6.39. The largest absolute Gasteiger partial charge is 0.494 e. The molecule has 1 aromatic heterocycles. The first-order chi connectivity index (χ1) is 14.6. The third-order valence-electron chi connectivity index (χ3n) is 4.87. The van der Waals surface area contributed by atoms with Crippen LogP contribution in [0.15, 0.2) is 60.7 Å². The fourth-order valence-corrected chi connectivity index (χ4v) is 4.01. The van der Waals surface area contributed by atoms with Crippen molar-refractivity contribution in [1.29, 1.82) is 0 Å². The van der Waals surface area contributed by atoms with Crippen molar-refractivity contribution in [3.05, 3.63) is 81.8 Å². The maximum atomic E-state index is 6.32. The number of H-pyrrole nitrogens is 1. The van der Waals surface area contributed by atoms with Crippen LogP contribution in [0.3, 0.4) is 0 Å². The number of rotatable bonds is 8. The van der Waals surface area contributed by atoms with Crippen molar-refractivity contribution in [2.24, 2.45) is 0 Å². The zero-order chi connectivity index (χ0) is 20.9. The summed E-state index contributed by atoms with van der Waals surface area (Å²) >= 11 is 12.6. The number of ether oxygens (including phenoxy) is 1. The summed E-state index contributed by atoms with van der Waals surface area (Å²) in [7, 11) is 0. The molecule has 30 heavy (non-hydrogen) atoms. The SMILES string of the molecule is CCOc1cccc(CCNCc2ccc3nc(-c4c(Cl)cccc4Cl)[nH]c3c2)c1. The lowest BCUT2D eigenvalue weighted by Gasteiger charge is -2.07. The van der Waals surface area contributed by atoms with Gasteiger partial charge in [-0.05, 0) is 67.4 Å². The molecule has 0 saturated carbocycles. The number of halogens is 2. The van der Waals surface area contributed by atoms with Gasteiger partial charge in [0.2, 0.25) is 0 Å². The molecule has 0 spiro atoms. The Balaban J connectivity index is 1.40. The molecule has 154 valence electrons. The van der Waals surface area contributed by atoms with Crippen molar-refractivity contribution >= 4 is 34.2 Å². The summed E-state index contributed by atoms with van der Waals surface area (Å²) in [6.07, 6.45) is 0.947. The zero-order valence-electron chi connectivity index (χ0n) is 16.7. The average Bonchev–Trinajstić information content (AvgIpc) is 3.14. The van der Waals surface area contributed by atoms with Gasteiger partial charge in [0, 0.05) is 6.54 Å². The fraction of sp³-hybridized carbons (Fsp3) is 0.208. The van der Waals surface area contributed by atoms with Crippen molar-refractivity contribution in [1.82, 2.24) is 15.3 Å². The van der Waals surface area contributed by atoms with E-state index >= 15 is 0 Å². The van der Waals surface area contributed by atoms with Crippen LogP contribution in [0.1, 0.15) is 18.1 Å².